The lowest BCUT2D eigenvalue weighted by Crippen LogP contribution is -2.47. The zero-order valence-electron chi connectivity index (χ0n) is 19.9. The van der Waals surface area contributed by atoms with E-state index in [9.17, 15) is 19.2 Å². The van der Waals surface area contributed by atoms with E-state index in [1.807, 2.05) is 0 Å². The summed E-state index contributed by atoms with van der Waals surface area (Å²) < 4.78 is 25.8. The van der Waals surface area contributed by atoms with Crippen molar-refractivity contribution in [1.82, 2.24) is 5.32 Å². The fraction of sp³-hybridized carbons (Fsp3) is 0.565. The first-order valence-electron chi connectivity index (χ1n) is 10.7. The summed E-state index contributed by atoms with van der Waals surface area (Å²) in [6.07, 6.45) is -2.23. The quantitative estimate of drug-likeness (QED) is 0.460. The van der Waals surface area contributed by atoms with Crippen LogP contribution in [0.5, 0.6) is 0 Å². The number of amides is 1. The average Bonchev–Trinajstić information content (AvgIpc) is 3.04. The van der Waals surface area contributed by atoms with Gasteiger partial charge in [0.15, 0.2) is 11.2 Å². The minimum atomic E-state index is -1.12. The van der Waals surface area contributed by atoms with Crippen LogP contribution in [0.4, 0.5) is 4.79 Å². The minimum absolute atomic E-state index is 0.0236. The normalized spacial score (nSPS) is 14.4. The van der Waals surface area contributed by atoms with Crippen LogP contribution in [0, 0.1) is 5.92 Å². The van der Waals surface area contributed by atoms with Gasteiger partial charge in [-0.25, -0.2) is 14.4 Å². The smallest absolute Gasteiger partial charge is 0.459 e. The molecule has 0 aliphatic rings. The molecule has 1 aromatic heterocycles. The molecule has 0 aliphatic heterocycles. The predicted octanol–water partition coefficient (Wildman–Crippen LogP) is 3.34. The Hall–Kier alpha value is -3.30. The molecule has 10 nitrogen and oxygen atoms in total. The van der Waals surface area contributed by atoms with E-state index in [1.165, 1.54) is 12.1 Å². The van der Waals surface area contributed by atoms with Crippen LogP contribution in [0.15, 0.2) is 31.8 Å². The Morgan fingerprint density at radius 1 is 0.939 bits per heavy atom. The molecule has 2 rings (SSSR count). The molecule has 1 amide bonds. The standard InChI is InChI=1S/C23H31NO9/c1-12(2)19(25)29-13(3)14(4)30-20(26)16(24-21(27)33-23(5,6)7)10-15-8-9-17-18(11-15)32-22(28)31-17/h8-9,11-14,16H,10H2,1-7H3,(H,24,27)/t13-,14-,16+/m1/s1. The van der Waals surface area contributed by atoms with Gasteiger partial charge in [0.25, 0.3) is 0 Å². The van der Waals surface area contributed by atoms with E-state index in [0.29, 0.717) is 5.56 Å². The number of fused-ring (bicyclic) bond motifs is 1. The fourth-order valence-electron chi connectivity index (χ4n) is 2.70. The molecule has 1 heterocycles. The summed E-state index contributed by atoms with van der Waals surface area (Å²) in [7, 11) is 0. The third-order valence-corrected chi connectivity index (χ3v) is 4.55. The van der Waals surface area contributed by atoms with Crippen molar-refractivity contribution in [3.63, 3.8) is 0 Å². The average molecular weight is 465 g/mol. The van der Waals surface area contributed by atoms with Crippen LogP contribution in [0.3, 0.4) is 0 Å². The highest BCUT2D eigenvalue weighted by Gasteiger charge is 2.29. The molecule has 3 atom stereocenters. The van der Waals surface area contributed by atoms with Crippen molar-refractivity contribution in [3.05, 3.63) is 34.4 Å². The molecule has 2 aromatic rings. The summed E-state index contributed by atoms with van der Waals surface area (Å²) in [6, 6.07) is 3.58. The number of hydrogen-bond acceptors (Lipinski definition) is 9. The van der Waals surface area contributed by atoms with Crippen molar-refractivity contribution >= 4 is 29.2 Å². The molecule has 10 heteroatoms. The Kier molecular flexibility index (Phi) is 8.29. The molecule has 0 fully saturated rings. The van der Waals surface area contributed by atoms with E-state index in [0.717, 1.165) is 0 Å². The molecule has 182 valence electrons. The summed E-state index contributed by atoms with van der Waals surface area (Å²) in [6.45, 7) is 11.7. The van der Waals surface area contributed by atoms with Crippen molar-refractivity contribution in [3.8, 4) is 0 Å². The molecule has 0 spiro atoms. The first-order valence-corrected chi connectivity index (χ1v) is 10.7. The van der Waals surface area contributed by atoms with Gasteiger partial charge < -0.3 is 28.4 Å². The number of carbonyl (C=O) groups is 3. The molecule has 1 aromatic carbocycles. The molecule has 1 N–H and O–H groups in total. The van der Waals surface area contributed by atoms with Gasteiger partial charge >= 0.3 is 23.9 Å². The number of carbonyl (C=O) groups excluding carboxylic acids is 3. The molecule has 0 aliphatic carbocycles. The van der Waals surface area contributed by atoms with Crippen LogP contribution in [-0.4, -0.2) is 41.9 Å². The number of alkyl carbamates (subject to hydrolysis) is 1. The first-order chi connectivity index (χ1) is 15.2. The second-order valence-corrected chi connectivity index (χ2v) is 9.08. The summed E-state index contributed by atoms with van der Waals surface area (Å²) in [5.74, 6) is -2.32. The first kappa shape index (κ1) is 26.0. The monoisotopic (exact) mass is 465 g/mol. The second-order valence-electron chi connectivity index (χ2n) is 9.08. The maximum atomic E-state index is 12.9. The summed E-state index contributed by atoms with van der Waals surface area (Å²) in [5, 5.41) is 2.52. The van der Waals surface area contributed by atoms with Crippen LogP contribution < -0.4 is 11.1 Å². The van der Waals surface area contributed by atoms with Gasteiger partial charge in [-0.05, 0) is 52.3 Å². The second kappa shape index (κ2) is 10.5. The molecular weight excluding hydrogens is 434 g/mol. The summed E-state index contributed by atoms with van der Waals surface area (Å²) >= 11 is 0. The topological polar surface area (TPSA) is 134 Å². The number of rotatable bonds is 8. The maximum Gasteiger partial charge on any atom is 0.519 e. The number of nitrogens with one attached hydrogen (secondary N) is 1. The Balaban J connectivity index is 2.17. The largest absolute Gasteiger partial charge is 0.519 e. The highest BCUT2D eigenvalue weighted by atomic mass is 16.6. The highest BCUT2D eigenvalue weighted by molar-refractivity contribution is 5.82. The van der Waals surface area contributed by atoms with Crippen LogP contribution >= 0.6 is 0 Å². The van der Waals surface area contributed by atoms with Gasteiger partial charge in [-0.15, -0.1) is 0 Å². The van der Waals surface area contributed by atoms with Gasteiger partial charge in [0, 0.05) is 6.42 Å². The number of hydrogen-bond donors (Lipinski definition) is 1. The zero-order valence-corrected chi connectivity index (χ0v) is 19.9. The van der Waals surface area contributed by atoms with E-state index in [2.05, 4.69) is 5.32 Å². The van der Waals surface area contributed by atoms with Gasteiger partial charge in [0.1, 0.15) is 23.9 Å². The van der Waals surface area contributed by atoms with Crippen molar-refractivity contribution in [2.24, 2.45) is 5.92 Å². The van der Waals surface area contributed by atoms with E-state index >= 15 is 0 Å². The van der Waals surface area contributed by atoms with Crippen molar-refractivity contribution in [1.29, 1.82) is 0 Å². The molecule has 0 unspecified atom stereocenters. The zero-order chi connectivity index (χ0) is 24.9. The Labute approximate surface area is 191 Å². The van der Waals surface area contributed by atoms with E-state index in [4.69, 9.17) is 23.0 Å². The Morgan fingerprint density at radius 3 is 2.09 bits per heavy atom. The summed E-state index contributed by atoms with van der Waals surface area (Å²) in [5.41, 5.74) is 0.281. The SMILES string of the molecule is CC(C)C(=O)O[C@H](C)[C@@H](C)OC(=O)[C@H](Cc1ccc2oc(=O)oc2c1)NC(=O)OC(C)(C)C. The van der Waals surface area contributed by atoms with Crippen molar-refractivity contribution in [2.45, 2.75) is 78.7 Å². The van der Waals surface area contributed by atoms with E-state index in [1.54, 1.807) is 54.5 Å². The highest BCUT2D eigenvalue weighted by Crippen LogP contribution is 2.17. The minimum Gasteiger partial charge on any atom is -0.459 e. The fourth-order valence-corrected chi connectivity index (χ4v) is 2.70. The Morgan fingerprint density at radius 2 is 1.52 bits per heavy atom. The molecule has 0 radical (unpaired) electrons. The van der Waals surface area contributed by atoms with Crippen LogP contribution in [0.1, 0.15) is 54.0 Å². The van der Waals surface area contributed by atoms with Gasteiger partial charge in [0.2, 0.25) is 0 Å². The lowest BCUT2D eigenvalue weighted by Gasteiger charge is -2.26. The molecule has 33 heavy (non-hydrogen) atoms. The third kappa shape index (κ3) is 7.96. The van der Waals surface area contributed by atoms with Gasteiger partial charge in [-0.2, -0.15) is 0 Å². The van der Waals surface area contributed by atoms with Crippen LogP contribution in [0.2, 0.25) is 0 Å². The van der Waals surface area contributed by atoms with Crippen LogP contribution in [-0.2, 0) is 30.2 Å². The lowest BCUT2D eigenvalue weighted by atomic mass is 10.1. The van der Waals surface area contributed by atoms with E-state index in [-0.39, 0.29) is 23.5 Å². The van der Waals surface area contributed by atoms with Crippen molar-refractivity contribution < 1.29 is 37.4 Å². The Bertz CT molecular complexity index is 1040. The number of benzene rings is 1. The molecule has 0 bridgehead atoms. The van der Waals surface area contributed by atoms with E-state index < -0.39 is 47.7 Å². The van der Waals surface area contributed by atoms with Gasteiger partial charge in [-0.1, -0.05) is 19.9 Å². The van der Waals surface area contributed by atoms with Gasteiger partial charge in [-0.3, -0.25) is 4.79 Å². The van der Waals surface area contributed by atoms with Gasteiger partial charge in [0.05, 0.1) is 5.92 Å². The molecule has 0 saturated carbocycles. The maximum absolute atomic E-state index is 12.9. The number of ether oxygens (including phenoxy) is 3. The summed E-state index contributed by atoms with van der Waals surface area (Å²) in [4.78, 5) is 48.4. The lowest BCUT2D eigenvalue weighted by molar-refractivity contribution is -0.168. The van der Waals surface area contributed by atoms with Crippen molar-refractivity contribution in [2.75, 3.05) is 0 Å². The molecular formula is C23H31NO9. The molecule has 0 saturated heterocycles. The predicted molar refractivity (Wildman–Crippen MR) is 118 cm³/mol. The van der Waals surface area contributed by atoms with Crippen LogP contribution in [0.25, 0.3) is 11.2 Å². The number of esters is 2. The third-order valence-electron chi connectivity index (χ3n) is 4.55.